The maximum atomic E-state index is 12.2. The van der Waals surface area contributed by atoms with Gasteiger partial charge in [0.05, 0.1) is 28.4 Å². The quantitative estimate of drug-likeness (QED) is 0.616. The summed E-state index contributed by atoms with van der Waals surface area (Å²) in [7, 11) is 1.45. The molecule has 0 heterocycles. The fraction of sp³-hybridized carbons (Fsp3) is 0.0625. The Balaban J connectivity index is 2.18. The van der Waals surface area contributed by atoms with E-state index in [1.807, 2.05) is 0 Å². The van der Waals surface area contributed by atoms with E-state index in [0.717, 1.165) is 0 Å². The molecule has 0 atom stereocenters. The molecule has 2 aromatic carbocycles. The predicted octanol–water partition coefficient (Wildman–Crippen LogP) is 4.48. The molecule has 0 spiro atoms. The molecule has 0 saturated carbocycles. The molecule has 0 aliphatic rings. The van der Waals surface area contributed by atoms with Crippen LogP contribution in [0.5, 0.6) is 5.75 Å². The molecule has 2 rings (SSSR count). The van der Waals surface area contributed by atoms with Gasteiger partial charge < -0.3 is 15.2 Å². The number of carboxylic acid groups (broad SMARTS) is 1. The maximum absolute atomic E-state index is 12.2. The van der Waals surface area contributed by atoms with Crippen molar-refractivity contribution in [3.05, 3.63) is 56.5 Å². The van der Waals surface area contributed by atoms with Crippen LogP contribution in [0.15, 0.2) is 30.3 Å². The van der Waals surface area contributed by atoms with Crippen LogP contribution in [0.25, 0.3) is 0 Å². The summed E-state index contributed by atoms with van der Waals surface area (Å²) in [6, 6.07) is 7.01. The lowest BCUT2D eigenvalue weighted by molar-refractivity contribution is 0.0697. The number of nitrogens with one attached hydrogen (secondary N) is 2. The number of benzene rings is 2. The van der Waals surface area contributed by atoms with Gasteiger partial charge in [0.2, 0.25) is 0 Å². The van der Waals surface area contributed by atoms with E-state index in [2.05, 4.69) is 10.6 Å². The minimum atomic E-state index is -1.26. The van der Waals surface area contributed by atoms with E-state index in [1.54, 1.807) is 0 Å². The highest BCUT2D eigenvalue weighted by molar-refractivity contribution is 7.80. The molecule has 0 bridgehead atoms. The van der Waals surface area contributed by atoms with Crippen LogP contribution in [0.4, 0.5) is 5.69 Å². The summed E-state index contributed by atoms with van der Waals surface area (Å²) in [5.74, 6) is -1.38. The zero-order chi connectivity index (χ0) is 19.4. The van der Waals surface area contributed by atoms with E-state index >= 15 is 0 Å². The van der Waals surface area contributed by atoms with Gasteiger partial charge in [-0.3, -0.25) is 10.1 Å². The first-order valence-corrected chi connectivity index (χ1v) is 8.45. The van der Waals surface area contributed by atoms with Gasteiger partial charge in [-0.25, -0.2) is 4.79 Å². The van der Waals surface area contributed by atoms with Crippen LogP contribution in [0.1, 0.15) is 20.7 Å². The molecule has 0 radical (unpaired) electrons. The van der Waals surface area contributed by atoms with Crippen LogP contribution in [0.3, 0.4) is 0 Å². The number of hydrogen-bond donors (Lipinski definition) is 3. The van der Waals surface area contributed by atoms with Crippen molar-refractivity contribution < 1.29 is 19.4 Å². The normalized spacial score (nSPS) is 10.2. The average molecular weight is 434 g/mol. The van der Waals surface area contributed by atoms with Gasteiger partial charge in [0.15, 0.2) is 5.11 Å². The number of thiocarbonyl (C=S) groups is 1. The molecule has 0 aliphatic heterocycles. The summed E-state index contributed by atoms with van der Waals surface area (Å²) in [4.78, 5) is 23.6. The number of carbonyl (C=O) groups is 2. The summed E-state index contributed by atoms with van der Waals surface area (Å²) in [5, 5.41) is 14.6. The summed E-state index contributed by atoms with van der Waals surface area (Å²) in [6.07, 6.45) is 0. The highest BCUT2D eigenvalue weighted by Gasteiger charge is 2.17. The number of amides is 1. The van der Waals surface area contributed by atoms with Crippen LogP contribution in [0.2, 0.25) is 15.1 Å². The van der Waals surface area contributed by atoms with Crippen molar-refractivity contribution in [2.75, 3.05) is 12.4 Å². The second-order valence-corrected chi connectivity index (χ2v) is 6.53. The zero-order valence-corrected chi connectivity index (χ0v) is 16.2. The number of aromatic carboxylic acids is 1. The van der Waals surface area contributed by atoms with Gasteiger partial charge in [0.25, 0.3) is 5.91 Å². The molecule has 26 heavy (non-hydrogen) atoms. The molecule has 1 amide bonds. The lowest BCUT2D eigenvalue weighted by Crippen LogP contribution is -2.34. The number of ether oxygens (including phenoxy) is 1. The molecule has 0 aromatic heterocycles. The largest absolute Gasteiger partial charge is 0.495 e. The molecule has 2 aromatic rings. The van der Waals surface area contributed by atoms with E-state index in [1.165, 1.54) is 37.4 Å². The van der Waals surface area contributed by atoms with E-state index in [-0.39, 0.29) is 37.0 Å². The molecule has 0 fully saturated rings. The third kappa shape index (κ3) is 4.76. The van der Waals surface area contributed by atoms with Gasteiger partial charge in [-0.15, -0.1) is 0 Å². The van der Waals surface area contributed by atoms with Crippen LogP contribution in [-0.4, -0.2) is 29.2 Å². The summed E-state index contributed by atoms with van der Waals surface area (Å²) >= 11 is 22.9. The predicted molar refractivity (Wildman–Crippen MR) is 105 cm³/mol. The van der Waals surface area contributed by atoms with Gasteiger partial charge in [0, 0.05) is 10.6 Å². The van der Waals surface area contributed by atoms with Gasteiger partial charge >= 0.3 is 5.97 Å². The fourth-order valence-electron chi connectivity index (χ4n) is 2.00. The molecule has 0 saturated heterocycles. The number of methoxy groups -OCH3 is 1. The van der Waals surface area contributed by atoms with Crippen molar-refractivity contribution in [1.29, 1.82) is 0 Å². The van der Waals surface area contributed by atoms with Crippen molar-refractivity contribution in [1.82, 2.24) is 5.32 Å². The highest BCUT2D eigenvalue weighted by atomic mass is 35.5. The molecule has 0 unspecified atom stereocenters. The first-order valence-electron chi connectivity index (χ1n) is 6.91. The number of hydrogen-bond acceptors (Lipinski definition) is 4. The van der Waals surface area contributed by atoms with Crippen molar-refractivity contribution >= 4 is 69.7 Å². The monoisotopic (exact) mass is 432 g/mol. The topological polar surface area (TPSA) is 87.7 Å². The van der Waals surface area contributed by atoms with Gasteiger partial charge in [-0.2, -0.15) is 0 Å². The number of anilines is 1. The Morgan fingerprint density at radius 1 is 1.12 bits per heavy atom. The lowest BCUT2D eigenvalue weighted by Gasteiger charge is -2.14. The third-order valence-electron chi connectivity index (χ3n) is 3.16. The van der Waals surface area contributed by atoms with E-state index in [4.69, 9.17) is 51.8 Å². The Morgan fingerprint density at radius 3 is 2.38 bits per heavy atom. The molecular formula is C16H11Cl3N2O4S. The Bertz CT molecular complexity index is 905. The fourth-order valence-corrected chi connectivity index (χ4v) is 2.99. The first kappa shape index (κ1) is 20.3. The summed E-state index contributed by atoms with van der Waals surface area (Å²) < 4.78 is 5.02. The molecule has 0 aliphatic carbocycles. The highest BCUT2D eigenvalue weighted by Crippen LogP contribution is 2.30. The number of carbonyl (C=O) groups excluding carboxylic acids is 1. The Hall–Kier alpha value is -2.06. The molecule has 3 N–H and O–H groups in total. The average Bonchev–Trinajstić information content (AvgIpc) is 2.56. The molecule has 136 valence electrons. The number of rotatable bonds is 4. The van der Waals surface area contributed by atoms with Crippen molar-refractivity contribution in [2.24, 2.45) is 0 Å². The zero-order valence-electron chi connectivity index (χ0n) is 13.1. The van der Waals surface area contributed by atoms with Crippen molar-refractivity contribution in [2.45, 2.75) is 0 Å². The second kappa shape index (κ2) is 8.55. The SMILES string of the molecule is COc1ccc(C(=O)NC(=S)Nc2c(Cl)cc(Cl)cc2C(=O)O)cc1Cl. The molecular weight excluding hydrogens is 423 g/mol. The number of halogens is 3. The summed E-state index contributed by atoms with van der Waals surface area (Å²) in [6.45, 7) is 0. The Labute approximate surface area is 169 Å². The number of carboxylic acids is 1. The third-order valence-corrected chi connectivity index (χ3v) is 4.18. The Kier molecular flexibility index (Phi) is 6.66. The van der Waals surface area contributed by atoms with Crippen molar-refractivity contribution in [3.63, 3.8) is 0 Å². The maximum Gasteiger partial charge on any atom is 0.337 e. The van der Waals surface area contributed by atoms with E-state index in [9.17, 15) is 14.7 Å². The molecule has 10 heteroatoms. The van der Waals surface area contributed by atoms with Crippen LogP contribution >= 0.6 is 47.0 Å². The van der Waals surface area contributed by atoms with Crippen LogP contribution in [-0.2, 0) is 0 Å². The smallest absolute Gasteiger partial charge is 0.337 e. The van der Waals surface area contributed by atoms with Gasteiger partial charge in [-0.05, 0) is 42.5 Å². The second-order valence-electron chi connectivity index (χ2n) is 4.87. The van der Waals surface area contributed by atoms with Crippen molar-refractivity contribution in [3.8, 4) is 5.75 Å². The standard InChI is InChI=1S/C16H11Cl3N2O4S/c1-25-12-3-2-7(4-10(12)18)14(22)21-16(26)20-13-9(15(23)24)5-8(17)6-11(13)19/h2-6H,1H3,(H,23,24)(H2,20,21,22,26). The van der Waals surface area contributed by atoms with Crippen LogP contribution in [0, 0.1) is 0 Å². The summed E-state index contributed by atoms with van der Waals surface area (Å²) in [5.41, 5.74) is 0.0637. The Morgan fingerprint density at radius 2 is 1.81 bits per heavy atom. The minimum Gasteiger partial charge on any atom is -0.495 e. The lowest BCUT2D eigenvalue weighted by atomic mass is 10.2. The minimum absolute atomic E-state index is 0.0154. The first-order chi connectivity index (χ1) is 12.2. The van der Waals surface area contributed by atoms with Gasteiger partial charge in [-0.1, -0.05) is 34.8 Å². The van der Waals surface area contributed by atoms with Gasteiger partial charge in [0.1, 0.15) is 5.75 Å². The van der Waals surface area contributed by atoms with Crippen LogP contribution < -0.4 is 15.4 Å². The van der Waals surface area contributed by atoms with E-state index in [0.29, 0.717) is 5.75 Å². The van der Waals surface area contributed by atoms with E-state index < -0.39 is 11.9 Å². The molecule has 6 nitrogen and oxygen atoms in total.